The molecule has 1 aromatic heterocycles. The number of hydrogen-bond donors (Lipinski definition) is 0. The fourth-order valence-electron chi connectivity index (χ4n) is 3.58. The zero-order chi connectivity index (χ0) is 16.9. The third kappa shape index (κ3) is 3.98. The summed E-state index contributed by atoms with van der Waals surface area (Å²) in [6, 6.07) is 3.71. The second kappa shape index (κ2) is 8.12. The predicted octanol–water partition coefficient (Wildman–Crippen LogP) is 2.30. The van der Waals surface area contributed by atoms with E-state index in [-0.39, 0.29) is 17.9 Å². The van der Waals surface area contributed by atoms with Gasteiger partial charge >= 0.3 is 0 Å². The molecule has 3 heterocycles. The Labute approximate surface area is 148 Å². The summed E-state index contributed by atoms with van der Waals surface area (Å²) in [6.45, 7) is 6.78. The Morgan fingerprint density at radius 2 is 1.62 bits per heavy atom. The molecule has 5 nitrogen and oxygen atoms in total. The van der Waals surface area contributed by atoms with E-state index in [2.05, 4.69) is 4.90 Å². The molecule has 6 heteroatoms. The van der Waals surface area contributed by atoms with Crippen molar-refractivity contribution in [1.82, 2.24) is 14.7 Å². The van der Waals surface area contributed by atoms with Gasteiger partial charge in [0.25, 0.3) is 5.91 Å². The van der Waals surface area contributed by atoms with Crippen molar-refractivity contribution in [2.24, 2.45) is 0 Å². The van der Waals surface area contributed by atoms with E-state index in [4.69, 9.17) is 0 Å². The van der Waals surface area contributed by atoms with Crippen molar-refractivity contribution in [3.05, 3.63) is 22.4 Å². The van der Waals surface area contributed by atoms with Gasteiger partial charge in [0.15, 0.2) is 0 Å². The Hall–Kier alpha value is -1.40. The summed E-state index contributed by atoms with van der Waals surface area (Å²) in [6.07, 6.45) is 4.73. The molecule has 0 N–H and O–H groups in total. The van der Waals surface area contributed by atoms with Crippen LogP contribution in [0.15, 0.2) is 17.5 Å². The van der Waals surface area contributed by atoms with Crippen molar-refractivity contribution in [1.29, 1.82) is 0 Å². The molecule has 2 aliphatic heterocycles. The summed E-state index contributed by atoms with van der Waals surface area (Å²) in [5.74, 6) is 0.381. The summed E-state index contributed by atoms with van der Waals surface area (Å²) in [5, 5.41) is 1.94. The molecule has 0 aliphatic carbocycles. The molecule has 1 aromatic rings. The van der Waals surface area contributed by atoms with Crippen LogP contribution in [-0.4, -0.2) is 71.8 Å². The van der Waals surface area contributed by atoms with Crippen molar-refractivity contribution < 1.29 is 9.59 Å². The van der Waals surface area contributed by atoms with E-state index in [0.29, 0.717) is 13.1 Å². The van der Waals surface area contributed by atoms with E-state index in [9.17, 15) is 9.59 Å². The summed E-state index contributed by atoms with van der Waals surface area (Å²) in [5.41, 5.74) is 0. The maximum atomic E-state index is 12.8. The molecule has 0 spiro atoms. The van der Waals surface area contributed by atoms with Gasteiger partial charge in [0, 0.05) is 39.3 Å². The van der Waals surface area contributed by atoms with Crippen LogP contribution < -0.4 is 0 Å². The highest BCUT2D eigenvalue weighted by Gasteiger charge is 2.30. The molecular weight excluding hydrogens is 322 g/mol. The summed E-state index contributed by atoms with van der Waals surface area (Å²) in [4.78, 5) is 32.1. The third-order valence-electron chi connectivity index (χ3n) is 5.16. The van der Waals surface area contributed by atoms with E-state index >= 15 is 0 Å². The number of thiophene rings is 1. The SMILES string of the molecule is CC(C(=O)N1CCCCCC1)N1CCN(C(=O)c2cccs2)CC1. The number of carbonyl (C=O) groups excluding carboxylic acids is 2. The average molecular weight is 350 g/mol. The highest BCUT2D eigenvalue weighted by Crippen LogP contribution is 2.17. The summed E-state index contributed by atoms with van der Waals surface area (Å²) < 4.78 is 0. The minimum absolute atomic E-state index is 0.0814. The molecular formula is C18H27N3O2S. The van der Waals surface area contributed by atoms with Crippen molar-refractivity contribution in [3.63, 3.8) is 0 Å². The standard InChI is InChI=1S/C18H27N3O2S/c1-15(17(22)20-8-4-2-3-5-9-20)19-10-12-21(13-11-19)18(23)16-7-6-14-24-16/h6-7,14-15H,2-5,8-13H2,1H3. The maximum absolute atomic E-state index is 12.8. The van der Waals surface area contributed by atoms with Crippen LogP contribution in [0.4, 0.5) is 0 Å². The lowest BCUT2D eigenvalue weighted by Gasteiger charge is -2.38. The fraction of sp³-hybridized carbons (Fsp3) is 0.667. The number of piperazine rings is 1. The molecule has 0 saturated carbocycles. The predicted molar refractivity (Wildman–Crippen MR) is 96.3 cm³/mol. The van der Waals surface area contributed by atoms with Gasteiger partial charge in [-0.05, 0) is 31.2 Å². The number of hydrogen-bond acceptors (Lipinski definition) is 4. The molecule has 24 heavy (non-hydrogen) atoms. The molecule has 0 bridgehead atoms. The molecule has 3 rings (SSSR count). The topological polar surface area (TPSA) is 43.9 Å². The van der Waals surface area contributed by atoms with Crippen LogP contribution in [-0.2, 0) is 4.79 Å². The van der Waals surface area contributed by atoms with Gasteiger partial charge in [0.2, 0.25) is 5.91 Å². The quantitative estimate of drug-likeness (QED) is 0.841. The smallest absolute Gasteiger partial charge is 0.264 e. The van der Waals surface area contributed by atoms with Crippen molar-refractivity contribution in [2.75, 3.05) is 39.3 Å². The van der Waals surface area contributed by atoms with Crippen LogP contribution in [0.2, 0.25) is 0 Å². The molecule has 2 amide bonds. The molecule has 2 saturated heterocycles. The highest BCUT2D eigenvalue weighted by atomic mass is 32.1. The zero-order valence-corrected chi connectivity index (χ0v) is 15.3. The van der Waals surface area contributed by atoms with Gasteiger partial charge in [-0.15, -0.1) is 11.3 Å². The average Bonchev–Trinajstić information content (AvgIpc) is 3.02. The zero-order valence-electron chi connectivity index (χ0n) is 14.4. The Balaban J connectivity index is 1.52. The molecule has 0 aromatic carbocycles. The normalized spacial score (nSPS) is 21.4. The van der Waals surface area contributed by atoms with Crippen molar-refractivity contribution in [3.8, 4) is 0 Å². The van der Waals surface area contributed by atoms with Gasteiger partial charge in [-0.25, -0.2) is 0 Å². The number of rotatable bonds is 3. The largest absolute Gasteiger partial charge is 0.341 e. The number of likely N-dealkylation sites (tertiary alicyclic amines) is 1. The maximum Gasteiger partial charge on any atom is 0.264 e. The molecule has 0 radical (unpaired) electrons. The molecule has 1 atom stereocenters. The number of carbonyl (C=O) groups is 2. The van der Waals surface area contributed by atoms with Gasteiger partial charge in [0.05, 0.1) is 10.9 Å². The number of amides is 2. The Morgan fingerprint density at radius 3 is 2.21 bits per heavy atom. The highest BCUT2D eigenvalue weighted by molar-refractivity contribution is 7.12. The van der Waals surface area contributed by atoms with E-state index in [0.717, 1.165) is 43.9 Å². The first-order chi connectivity index (χ1) is 11.7. The molecule has 132 valence electrons. The van der Waals surface area contributed by atoms with E-state index in [1.807, 2.05) is 34.2 Å². The first-order valence-electron chi connectivity index (χ1n) is 9.02. The van der Waals surface area contributed by atoms with Crippen molar-refractivity contribution in [2.45, 2.75) is 38.6 Å². The van der Waals surface area contributed by atoms with E-state index in [1.54, 1.807) is 0 Å². The summed E-state index contributed by atoms with van der Waals surface area (Å²) >= 11 is 1.49. The van der Waals surface area contributed by atoms with E-state index < -0.39 is 0 Å². The van der Waals surface area contributed by atoms with Crippen LogP contribution >= 0.6 is 11.3 Å². The lowest BCUT2D eigenvalue weighted by molar-refractivity contribution is -0.136. The summed E-state index contributed by atoms with van der Waals surface area (Å²) in [7, 11) is 0. The van der Waals surface area contributed by atoms with Gasteiger partial charge < -0.3 is 9.80 Å². The van der Waals surface area contributed by atoms with Gasteiger partial charge in [-0.2, -0.15) is 0 Å². The van der Waals surface area contributed by atoms with Crippen LogP contribution in [0.5, 0.6) is 0 Å². The van der Waals surface area contributed by atoms with Crippen LogP contribution in [0.25, 0.3) is 0 Å². The first-order valence-corrected chi connectivity index (χ1v) is 9.90. The monoisotopic (exact) mass is 349 g/mol. The number of nitrogens with zero attached hydrogens (tertiary/aromatic N) is 3. The van der Waals surface area contributed by atoms with Crippen LogP contribution in [0.3, 0.4) is 0 Å². The van der Waals surface area contributed by atoms with Crippen molar-refractivity contribution >= 4 is 23.2 Å². The fourth-order valence-corrected chi connectivity index (χ4v) is 4.27. The molecule has 2 aliphatic rings. The Bertz CT molecular complexity index is 545. The minimum Gasteiger partial charge on any atom is -0.341 e. The second-order valence-electron chi connectivity index (χ2n) is 6.72. The third-order valence-corrected chi connectivity index (χ3v) is 6.01. The Kier molecular flexibility index (Phi) is 5.89. The van der Waals surface area contributed by atoms with E-state index in [1.165, 1.54) is 24.2 Å². The molecule has 2 fully saturated rings. The van der Waals surface area contributed by atoms with Gasteiger partial charge in [-0.3, -0.25) is 14.5 Å². The second-order valence-corrected chi connectivity index (χ2v) is 7.67. The Morgan fingerprint density at radius 1 is 0.958 bits per heavy atom. The van der Waals surface area contributed by atoms with Crippen LogP contribution in [0.1, 0.15) is 42.3 Å². The molecule has 1 unspecified atom stereocenters. The lowest BCUT2D eigenvalue weighted by atomic mass is 10.2. The van der Waals surface area contributed by atoms with Gasteiger partial charge in [0.1, 0.15) is 0 Å². The minimum atomic E-state index is -0.0814. The lowest BCUT2D eigenvalue weighted by Crippen LogP contribution is -2.55. The van der Waals surface area contributed by atoms with Crippen LogP contribution in [0, 0.1) is 0 Å². The van der Waals surface area contributed by atoms with Gasteiger partial charge in [-0.1, -0.05) is 18.9 Å². The first kappa shape index (κ1) is 17.4.